The van der Waals surface area contributed by atoms with Crippen molar-refractivity contribution in [2.75, 3.05) is 13.1 Å². The summed E-state index contributed by atoms with van der Waals surface area (Å²) in [5.74, 6) is 0. The van der Waals surface area contributed by atoms with Gasteiger partial charge < -0.3 is 5.32 Å². The number of aryl methyl sites for hydroxylation is 1. The van der Waals surface area contributed by atoms with Gasteiger partial charge in [0.15, 0.2) is 0 Å². The highest BCUT2D eigenvalue weighted by atomic mass is 32.2. The molecule has 1 aromatic rings. The molecule has 0 bridgehead atoms. The van der Waals surface area contributed by atoms with Crippen LogP contribution in [0.1, 0.15) is 19.4 Å². The fraction of sp³-hybridized carbons (Fsp3) is 0.700. The Hall–Kier alpha value is -0.920. The molecule has 0 aliphatic rings. The Bertz CT molecular complexity index is 441. The summed E-state index contributed by atoms with van der Waals surface area (Å²) < 4.78 is 27.9. The smallest absolute Gasteiger partial charge is 0.215 e. The first kappa shape index (κ1) is 14.1. The highest BCUT2D eigenvalue weighted by molar-refractivity contribution is 7.90. The molecule has 0 spiro atoms. The second kappa shape index (κ2) is 6.13. The maximum absolute atomic E-state index is 11.8. The molecule has 17 heavy (non-hydrogen) atoms. The molecule has 0 amide bonds. The van der Waals surface area contributed by atoms with E-state index in [1.165, 1.54) is 0 Å². The van der Waals surface area contributed by atoms with Crippen LogP contribution in [-0.4, -0.2) is 36.5 Å². The first-order valence-electron chi connectivity index (χ1n) is 5.62. The van der Waals surface area contributed by atoms with Gasteiger partial charge in [0.05, 0.1) is 11.4 Å². The Morgan fingerprint density at radius 1 is 1.53 bits per heavy atom. The van der Waals surface area contributed by atoms with Crippen molar-refractivity contribution >= 4 is 10.0 Å². The lowest BCUT2D eigenvalue weighted by Crippen LogP contribution is -2.38. The monoisotopic (exact) mass is 260 g/mol. The van der Waals surface area contributed by atoms with Gasteiger partial charge in [0.2, 0.25) is 10.0 Å². The minimum absolute atomic E-state index is 0.284. The van der Waals surface area contributed by atoms with Crippen LogP contribution in [0.3, 0.4) is 0 Å². The summed E-state index contributed by atoms with van der Waals surface area (Å²) in [6.45, 7) is 5.14. The molecule has 0 saturated heterocycles. The molecular weight excluding hydrogens is 240 g/mol. The van der Waals surface area contributed by atoms with E-state index >= 15 is 0 Å². The maximum atomic E-state index is 11.8. The van der Waals surface area contributed by atoms with Crippen molar-refractivity contribution in [3.05, 3.63) is 18.0 Å². The van der Waals surface area contributed by atoms with E-state index in [1.54, 1.807) is 31.0 Å². The number of nitrogens with one attached hydrogen (secondary N) is 2. The van der Waals surface area contributed by atoms with Crippen molar-refractivity contribution in [1.29, 1.82) is 0 Å². The standard InChI is InChI=1S/C10H20N4O2S/c1-4-11-5-9(2)17(15,16)13-7-10-6-12-14(3)8-10/h6,8-9,11,13H,4-5,7H2,1-3H3. The van der Waals surface area contributed by atoms with Gasteiger partial charge in [0.1, 0.15) is 0 Å². The number of aromatic nitrogens is 2. The van der Waals surface area contributed by atoms with Gasteiger partial charge in [-0.1, -0.05) is 6.92 Å². The molecule has 1 heterocycles. The average Bonchev–Trinajstić information content (AvgIpc) is 2.69. The molecular formula is C10H20N4O2S. The summed E-state index contributed by atoms with van der Waals surface area (Å²) in [5, 5.41) is 6.56. The first-order chi connectivity index (χ1) is 7.95. The zero-order chi connectivity index (χ0) is 12.9. The Morgan fingerprint density at radius 2 is 2.24 bits per heavy atom. The molecule has 2 N–H and O–H groups in total. The summed E-state index contributed by atoms with van der Waals surface area (Å²) in [6, 6.07) is 0. The van der Waals surface area contributed by atoms with Crippen LogP contribution in [0.4, 0.5) is 0 Å². The van der Waals surface area contributed by atoms with E-state index in [9.17, 15) is 8.42 Å². The normalized spacial score (nSPS) is 13.8. The SMILES string of the molecule is CCNCC(C)S(=O)(=O)NCc1cnn(C)c1. The highest BCUT2D eigenvalue weighted by Gasteiger charge is 2.19. The second-order valence-electron chi connectivity index (χ2n) is 4.01. The van der Waals surface area contributed by atoms with E-state index in [2.05, 4.69) is 15.1 Å². The van der Waals surface area contributed by atoms with Crippen LogP contribution in [0.15, 0.2) is 12.4 Å². The first-order valence-corrected chi connectivity index (χ1v) is 7.17. The van der Waals surface area contributed by atoms with Gasteiger partial charge in [-0.05, 0) is 13.5 Å². The molecule has 0 aliphatic heterocycles. The van der Waals surface area contributed by atoms with Crippen LogP contribution < -0.4 is 10.0 Å². The third-order valence-corrected chi connectivity index (χ3v) is 4.22. The van der Waals surface area contributed by atoms with Crippen molar-refractivity contribution in [2.45, 2.75) is 25.6 Å². The average molecular weight is 260 g/mol. The highest BCUT2D eigenvalue weighted by Crippen LogP contribution is 2.01. The molecule has 1 atom stereocenters. The van der Waals surface area contributed by atoms with Gasteiger partial charge in [-0.15, -0.1) is 0 Å². The Kier molecular flexibility index (Phi) is 5.10. The molecule has 6 nitrogen and oxygen atoms in total. The van der Waals surface area contributed by atoms with Crippen LogP contribution in [0.5, 0.6) is 0 Å². The lowest BCUT2D eigenvalue weighted by molar-refractivity contribution is 0.560. The molecule has 0 aromatic carbocycles. The Morgan fingerprint density at radius 3 is 2.76 bits per heavy atom. The van der Waals surface area contributed by atoms with Gasteiger partial charge in [-0.3, -0.25) is 4.68 Å². The van der Waals surface area contributed by atoms with Gasteiger partial charge >= 0.3 is 0 Å². The van der Waals surface area contributed by atoms with E-state index in [4.69, 9.17) is 0 Å². The molecule has 0 saturated carbocycles. The predicted octanol–water partition coefficient (Wildman–Crippen LogP) is -0.162. The predicted molar refractivity (Wildman–Crippen MR) is 67.0 cm³/mol. The Labute approximate surface area is 102 Å². The zero-order valence-electron chi connectivity index (χ0n) is 10.5. The van der Waals surface area contributed by atoms with E-state index in [0.717, 1.165) is 12.1 Å². The van der Waals surface area contributed by atoms with Crippen LogP contribution in [-0.2, 0) is 23.6 Å². The molecule has 1 aromatic heterocycles. The number of hydrogen-bond acceptors (Lipinski definition) is 4. The number of sulfonamides is 1. The Balaban J connectivity index is 2.49. The summed E-state index contributed by atoms with van der Waals surface area (Å²) >= 11 is 0. The number of rotatable bonds is 7. The summed E-state index contributed by atoms with van der Waals surface area (Å²) in [6.07, 6.45) is 3.44. The van der Waals surface area contributed by atoms with Crippen molar-refractivity contribution < 1.29 is 8.42 Å². The molecule has 1 rings (SSSR count). The zero-order valence-corrected chi connectivity index (χ0v) is 11.3. The molecule has 98 valence electrons. The van der Waals surface area contributed by atoms with Crippen LogP contribution >= 0.6 is 0 Å². The minimum atomic E-state index is -3.27. The fourth-order valence-corrected chi connectivity index (χ4v) is 2.34. The maximum Gasteiger partial charge on any atom is 0.215 e. The van der Waals surface area contributed by atoms with Crippen molar-refractivity contribution in [3.8, 4) is 0 Å². The minimum Gasteiger partial charge on any atom is -0.316 e. The van der Waals surface area contributed by atoms with E-state index in [0.29, 0.717) is 6.54 Å². The van der Waals surface area contributed by atoms with Gasteiger partial charge in [0.25, 0.3) is 0 Å². The molecule has 7 heteroatoms. The molecule has 0 fully saturated rings. The largest absolute Gasteiger partial charge is 0.316 e. The van der Waals surface area contributed by atoms with Crippen molar-refractivity contribution in [1.82, 2.24) is 19.8 Å². The molecule has 0 aliphatic carbocycles. The summed E-state index contributed by atoms with van der Waals surface area (Å²) in [7, 11) is -1.47. The van der Waals surface area contributed by atoms with Gasteiger partial charge in [0, 0.05) is 31.9 Å². The fourth-order valence-electron chi connectivity index (χ4n) is 1.35. The van der Waals surface area contributed by atoms with E-state index < -0.39 is 15.3 Å². The van der Waals surface area contributed by atoms with Crippen LogP contribution in [0.25, 0.3) is 0 Å². The number of hydrogen-bond donors (Lipinski definition) is 2. The van der Waals surface area contributed by atoms with Crippen LogP contribution in [0.2, 0.25) is 0 Å². The lowest BCUT2D eigenvalue weighted by atomic mass is 10.4. The summed E-state index contributed by atoms with van der Waals surface area (Å²) in [5.41, 5.74) is 0.853. The third kappa shape index (κ3) is 4.45. The van der Waals surface area contributed by atoms with Crippen molar-refractivity contribution in [3.63, 3.8) is 0 Å². The van der Waals surface area contributed by atoms with Crippen LogP contribution in [0, 0.1) is 0 Å². The number of nitrogens with zero attached hydrogens (tertiary/aromatic N) is 2. The van der Waals surface area contributed by atoms with Crippen molar-refractivity contribution in [2.24, 2.45) is 7.05 Å². The molecule has 0 radical (unpaired) electrons. The van der Waals surface area contributed by atoms with Gasteiger partial charge in [-0.2, -0.15) is 5.10 Å². The quantitative estimate of drug-likeness (QED) is 0.714. The van der Waals surface area contributed by atoms with Gasteiger partial charge in [-0.25, -0.2) is 13.1 Å². The van der Waals surface area contributed by atoms with E-state index in [-0.39, 0.29) is 6.54 Å². The third-order valence-electron chi connectivity index (χ3n) is 2.45. The second-order valence-corrected chi connectivity index (χ2v) is 6.19. The van der Waals surface area contributed by atoms with E-state index in [1.807, 2.05) is 6.92 Å². The summed E-state index contributed by atoms with van der Waals surface area (Å²) in [4.78, 5) is 0. The topological polar surface area (TPSA) is 76.0 Å². The molecule has 1 unspecified atom stereocenters. The lowest BCUT2D eigenvalue weighted by Gasteiger charge is -2.13.